The van der Waals surface area contributed by atoms with Crippen molar-refractivity contribution < 1.29 is 5.11 Å². The molecule has 4 aliphatic rings. The fraction of sp³-hybridized carbons (Fsp3) is 0.122. The Morgan fingerprint density at radius 3 is 1.86 bits per heavy atom. The molecule has 1 heteroatoms. The molecule has 0 aliphatic heterocycles. The van der Waals surface area contributed by atoms with Crippen LogP contribution in [0.3, 0.4) is 0 Å². The van der Waals surface area contributed by atoms with E-state index in [1.165, 1.54) is 83.5 Å². The van der Waals surface area contributed by atoms with Gasteiger partial charge in [-0.05, 0) is 120 Å². The zero-order chi connectivity index (χ0) is 27.7. The fourth-order valence-electron chi connectivity index (χ4n) is 8.94. The first-order valence-electron chi connectivity index (χ1n) is 15.1. The molecule has 0 radical (unpaired) electrons. The zero-order valence-electron chi connectivity index (χ0n) is 23.4. The highest BCUT2D eigenvalue weighted by atomic mass is 16.3. The van der Waals surface area contributed by atoms with Crippen molar-refractivity contribution in [3.63, 3.8) is 0 Å². The van der Waals surface area contributed by atoms with Gasteiger partial charge in [0.1, 0.15) is 0 Å². The van der Waals surface area contributed by atoms with Gasteiger partial charge in [0.2, 0.25) is 0 Å². The van der Waals surface area contributed by atoms with Crippen molar-refractivity contribution in [1.82, 2.24) is 0 Å². The Morgan fingerprint density at radius 2 is 1.07 bits per heavy atom. The van der Waals surface area contributed by atoms with Crippen LogP contribution in [0.4, 0.5) is 0 Å². The molecular weight excluding hydrogens is 508 g/mol. The molecule has 0 fully saturated rings. The topological polar surface area (TPSA) is 20.2 Å². The van der Waals surface area contributed by atoms with Crippen LogP contribution in [0.25, 0.3) is 44.5 Å². The summed E-state index contributed by atoms with van der Waals surface area (Å²) in [5.41, 5.74) is 19.5. The standard InChI is InChI=1S/C41H28O/c1-23-26-11-4-5-13-28(26)33-21-36-34(20-31(23)33)29-14-6-8-16-37(29)41(40(36)42)38-17-9-7-15-30(38)35-19-25-18-24-10-2-3-12-27(24)32(25)22-39(35)41/h2-17,19-23,40,42H,18H2,1H3. The molecule has 0 amide bonds. The van der Waals surface area contributed by atoms with E-state index in [0.717, 1.165) is 12.0 Å². The zero-order valence-corrected chi connectivity index (χ0v) is 23.4. The Balaban J connectivity index is 1.31. The lowest BCUT2D eigenvalue weighted by atomic mass is 9.60. The predicted octanol–water partition coefficient (Wildman–Crippen LogP) is 9.42. The van der Waals surface area contributed by atoms with Crippen LogP contribution < -0.4 is 0 Å². The van der Waals surface area contributed by atoms with Crippen LogP contribution in [0.1, 0.15) is 63.5 Å². The molecule has 10 rings (SSSR count). The summed E-state index contributed by atoms with van der Waals surface area (Å²) in [5.74, 6) is 0.331. The van der Waals surface area contributed by atoms with E-state index in [0.29, 0.717) is 5.92 Å². The lowest BCUT2D eigenvalue weighted by Crippen LogP contribution is -2.38. The quantitative estimate of drug-likeness (QED) is 0.205. The fourth-order valence-corrected chi connectivity index (χ4v) is 8.94. The van der Waals surface area contributed by atoms with Crippen molar-refractivity contribution in [2.75, 3.05) is 0 Å². The van der Waals surface area contributed by atoms with Crippen molar-refractivity contribution in [2.24, 2.45) is 0 Å². The molecule has 1 spiro atoms. The van der Waals surface area contributed by atoms with Gasteiger partial charge in [-0.15, -0.1) is 0 Å². The van der Waals surface area contributed by atoms with Crippen LogP contribution >= 0.6 is 0 Å². The maximum absolute atomic E-state index is 12.9. The summed E-state index contributed by atoms with van der Waals surface area (Å²) in [4.78, 5) is 0. The monoisotopic (exact) mass is 536 g/mol. The smallest absolute Gasteiger partial charge is 0.0975 e. The van der Waals surface area contributed by atoms with Crippen molar-refractivity contribution in [2.45, 2.75) is 30.8 Å². The SMILES string of the molecule is CC1c2ccccc2-c2cc3c(cc21)-c1ccccc1C1(c2ccccc2-c2cc4c(cc21)-c1ccccc1C4)C3O. The minimum absolute atomic E-state index is 0.331. The van der Waals surface area contributed by atoms with Crippen LogP contribution in [0.5, 0.6) is 0 Å². The van der Waals surface area contributed by atoms with Gasteiger partial charge in [-0.2, -0.15) is 0 Å². The van der Waals surface area contributed by atoms with Gasteiger partial charge in [0, 0.05) is 5.92 Å². The third kappa shape index (κ3) is 2.56. The highest BCUT2D eigenvalue weighted by Crippen LogP contribution is 2.64. The largest absolute Gasteiger partial charge is 0.387 e. The second-order valence-corrected chi connectivity index (χ2v) is 12.5. The first-order valence-corrected chi connectivity index (χ1v) is 15.1. The van der Waals surface area contributed by atoms with E-state index in [2.05, 4.69) is 128 Å². The van der Waals surface area contributed by atoms with Gasteiger partial charge in [0.05, 0.1) is 11.5 Å². The number of rotatable bonds is 0. The van der Waals surface area contributed by atoms with Gasteiger partial charge < -0.3 is 5.11 Å². The van der Waals surface area contributed by atoms with Crippen molar-refractivity contribution in [3.8, 4) is 44.5 Å². The average Bonchev–Trinajstić information content (AvgIpc) is 3.64. The van der Waals surface area contributed by atoms with Crippen molar-refractivity contribution >= 4 is 0 Å². The number of fused-ring (bicyclic) bond motifs is 15. The van der Waals surface area contributed by atoms with E-state index >= 15 is 0 Å². The minimum atomic E-state index is -0.729. The van der Waals surface area contributed by atoms with Crippen LogP contribution in [0.2, 0.25) is 0 Å². The first kappa shape index (κ1) is 22.9. The van der Waals surface area contributed by atoms with Crippen molar-refractivity contribution in [3.05, 3.63) is 166 Å². The number of aliphatic hydroxyl groups excluding tert-OH is 1. The summed E-state index contributed by atoms with van der Waals surface area (Å²) in [7, 11) is 0. The maximum Gasteiger partial charge on any atom is 0.0975 e. The van der Waals surface area contributed by atoms with Crippen LogP contribution in [-0.2, 0) is 11.8 Å². The first-order chi connectivity index (χ1) is 20.7. The van der Waals surface area contributed by atoms with Gasteiger partial charge in [0.25, 0.3) is 0 Å². The normalized spacial score (nSPS) is 21.1. The molecule has 4 aliphatic carbocycles. The van der Waals surface area contributed by atoms with E-state index in [-0.39, 0.29) is 0 Å². The van der Waals surface area contributed by atoms with Crippen molar-refractivity contribution in [1.29, 1.82) is 0 Å². The minimum Gasteiger partial charge on any atom is -0.387 e. The molecule has 3 atom stereocenters. The molecule has 1 N–H and O–H groups in total. The molecular formula is C41H28O. The highest BCUT2D eigenvalue weighted by Gasteiger charge is 2.54. The number of hydrogen-bond donors (Lipinski definition) is 1. The summed E-state index contributed by atoms with van der Waals surface area (Å²) in [6, 6.07) is 44.7. The predicted molar refractivity (Wildman–Crippen MR) is 170 cm³/mol. The molecule has 0 saturated carbocycles. The second-order valence-electron chi connectivity index (χ2n) is 12.5. The molecule has 1 nitrogen and oxygen atoms in total. The van der Waals surface area contributed by atoms with Gasteiger partial charge >= 0.3 is 0 Å². The van der Waals surface area contributed by atoms with Gasteiger partial charge in [-0.25, -0.2) is 0 Å². The molecule has 42 heavy (non-hydrogen) atoms. The number of hydrogen-bond acceptors (Lipinski definition) is 1. The van der Waals surface area contributed by atoms with Crippen LogP contribution in [0, 0.1) is 0 Å². The van der Waals surface area contributed by atoms with E-state index in [9.17, 15) is 5.11 Å². The molecule has 198 valence electrons. The lowest BCUT2D eigenvalue weighted by Gasteiger charge is -2.43. The third-order valence-electron chi connectivity index (χ3n) is 10.8. The number of benzene rings is 6. The lowest BCUT2D eigenvalue weighted by molar-refractivity contribution is 0.123. The summed E-state index contributed by atoms with van der Waals surface area (Å²) < 4.78 is 0. The maximum atomic E-state index is 12.9. The second kappa shape index (κ2) is 7.76. The van der Waals surface area contributed by atoms with Gasteiger partial charge in [-0.1, -0.05) is 104 Å². The third-order valence-corrected chi connectivity index (χ3v) is 10.8. The number of aliphatic hydroxyl groups is 1. The Kier molecular flexibility index (Phi) is 4.23. The summed E-state index contributed by atoms with van der Waals surface area (Å²) in [6.45, 7) is 2.31. The Bertz CT molecular complexity index is 2170. The molecule has 0 saturated heterocycles. The van der Waals surface area contributed by atoms with E-state index in [1.807, 2.05) is 0 Å². The molecule has 0 bridgehead atoms. The van der Waals surface area contributed by atoms with Crippen LogP contribution in [0.15, 0.2) is 121 Å². The summed E-state index contributed by atoms with van der Waals surface area (Å²) in [6.07, 6.45) is 0.229. The van der Waals surface area contributed by atoms with Crippen LogP contribution in [-0.4, -0.2) is 5.11 Å². The van der Waals surface area contributed by atoms with E-state index in [4.69, 9.17) is 0 Å². The molecule has 0 aromatic heterocycles. The van der Waals surface area contributed by atoms with Gasteiger partial charge in [0.15, 0.2) is 0 Å². The average molecular weight is 537 g/mol. The Labute approximate surface area is 245 Å². The van der Waals surface area contributed by atoms with Gasteiger partial charge in [-0.3, -0.25) is 0 Å². The molecule has 6 aromatic carbocycles. The van der Waals surface area contributed by atoms with E-state index in [1.54, 1.807) is 0 Å². The molecule has 0 heterocycles. The highest BCUT2D eigenvalue weighted by molar-refractivity contribution is 5.94. The molecule has 3 unspecified atom stereocenters. The summed E-state index contributed by atoms with van der Waals surface area (Å²) >= 11 is 0. The Morgan fingerprint density at radius 1 is 0.476 bits per heavy atom. The Hall–Kier alpha value is -4.72. The summed E-state index contributed by atoms with van der Waals surface area (Å²) in [5, 5.41) is 12.9. The molecule has 6 aromatic rings. The van der Waals surface area contributed by atoms with E-state index < -0.39 is 11.5 Å².